The monoisotopic (exact) mass is 398 g/mol. The molecule has 5 nitrogen and oxygen atoms in total. The second-order valence-corrected chi connectivity index (χ2v) is 8.77. The molecule has 3 heterocycles. The zero-order chi connectivity index (χ0) is 20.2. The molecule has 2 aromatic heterocycles. The van der Waals surface area contributed by atoms with Crippen molar-refractivity contribution in [3.8, 4) is 0 Å². The number of aromatic nitrogens is 3. The highest BCUT2D eigenvalue weighted by Gasteiger charge is 2.31. The van der Waals surface area contributed by atoms with E-state index in [0.29, 0.717) is 0 Å². The predicted octanol–water partition coefficient (Wildman–Crippen LogP) is 4.25. The van der Waals surface area contributed by atoms with Crippen molar-refractivity contribution >= 4 is 24.2 Å². The van der Waals surface area contributed by atoms with Gasteiger partial charge in [-0.3, -0.25) is 10.4 Å². The molecule has 30 heavy (non-hydrogen) atoms. The molecule has 5 rings (SSSR count). The maximum atomic E-state index is 4.84. The van der Waals surface area contributed by atoms with Gasteiger partial charge in [0.15, 0.2) is 13.1 Å². The summed E-state index contributed by atoms with van der Waals surface area (Å²) in [4.78, 5) is 13.8. The average Bonchev–Trinajstić information content (AvgIpc) is 3.28. The third kappa shape index (κ3) is 4.18. The molecule has 0 amide bonds. The minimum Gasteiger partial charge on any atom is -0.276 e. The number of allylic oxidation sites excluding steroid dienone is 1. The average molecular weight is 398 g/mol. The van der Waals surface area contributed by atoms with E-state index >= 15 is 0 Å². The molecule has 1 aliphatic heterocycles. The molecule has 3 aliphatic rings. The number of pyridine rings is 1. The van der Waals surface area contributed by atoms with Gasteiger partial charge < -0.3 is 0 Å². The first-order valence-electron chi connectivity index (χ1n) is 11.5. The van der Waals surface area contributed by atoms with Gasteiger partial charge >= 0.3 is 0 Å². The Balaban J connectivity index is 1.43. The van der Waals surface area contributed by atoms with Crippen LogP contribution in [-0.4, -0.2) is 27.9 Å². The summed E-state index contributed by atoms with van der Waals surface area (Å²) < 4.78 is 0. The van der Waals surface area contributed by atoms with Gasteiger partial charge in [-0.15, -0.1) is 0 Å². The van der Waals surface area contributed by atoms with Gasteiger partial charge in [0.05, 0.1) is 11.4 Å². The first-order valence-corrected chi connectivity index (χ1v) is 11.5. The summed E-state index contributed by atoms with van der Waals surface area (Å²) in [7, 11) is 2.40. The van der Waals surface area contributed by atoms with Crippen LogP contribution in [0, 0.1) is 5.92 Å². The SMILES string of the molecule is [B](c1ccc(C2=C3CCCCCCC3C(c3ncccn3)=NN2)nc1)C1CCCC1. The Labute approximate surface area is 179 Å². The Morgan fingerprint density at radius 3 is 2.47 bits per heavy atom. The van der Waals surface area contributed by atoms with Crippen molar-refractivity contribution in [2.75, 3.05) is 0 Å². The fourth-order valence-electron chi connectivity index (χ4n) is 5.14. The van der Waals surface area contributed by atoms with Crippen LogP contribution in [0.4, 0.5) is 0 Å². The standard InChI is InChI=1S/C24H29BN5/c1-2-4-11-20-19(10-3-1)22(29-30-23(20)24-26-14-7-15-27-24)21-13-12-18(16-28-21)25-17-8-5-6-9-17/h7,12-17,20,29H,1-6,8-11H2. The van der Waals surface area contributed by atoms with Crippen LogP contribution in [0.1, 0.15) is 75.7 Å². The van der Waals surface area contributed by atoms with E-state index in [1.54, 1.807) is 12.4 Å². The van der Waals surface area contributed by atoms with Crippen molar-refractivity contribution in [1.29, 1.82) is 0 Å². The van der Waals surface area contributed by atoms with Gasteiger partial charge in [0.2, 0.25) is 0 Å². The third-order valence-electron chi connectivity index (χ3n) is 6.71. The molecule has 1 N–H and O–H groups in total. The van der Waals surface area contributed by atoms with E-state index in [2.05, 4.69) is 34.8 Å². The first-order chi connectivity index (χ1) is 14.9. The van der Waals surface area contributed by atoms with Gasteiger partial charge in [-0.2, -0.15) is 5.10 Å². The van der Waals surface area contributed by atoms with E-state index in [9.17, 15) is 0 Å². The highest BCUT2D eigenvalue weighted by molar-refractivity contribution is 6.54. The Kier molecular flexibility index (Phi) is 5.91. The number of hydrogen-bond acceptors (Lipinski definition) is 5. The topological polar surface area (TPSA) is 63.1 Å². The van der Waals surface area contributed by atoms with Crippen LogP contribution < -0.4 is 10.9 Å². The van der Waals surface area contributed by atoms with E-state index in [1.807, 2.05) is 12.3 Å². The molecule has 6 heteroatoms. The maximum absolute atomic E-state index is 4.84. The van der Waals surface area contributed by atoms with E-state index in [1.165, 1.54) is 62.4 Å². The number of fused-ring (bicyclic) bond motifs is 1. The molecule has 1 atom stereocenters. The fraction of sp³-hybridized carbons (Fsp3) is 0.500. The molecule has 0 spiro atoms. The molecule has 153 valence electrons. The summed E-state index contributed by atoms with van der Waals surface area (Å²) in [5.41, 5.74) is 9.06. The highest BCUT2D eigenvalue weighted by Crippen LogP contribution is 2.36. The minimum atomic E-state index is 0.274. The molecule has 2 saturated carbocycles. The number of hydrazone groups is 1. The zero-order valence-corrected chi connectivity index (χ0v) is 17.6. The highest BCUT2D eigenvalue weighted by atomic mass is 15.3. The first kappa shape index (κ1) is 19.5. The predicted molar refractivity (Wildman–Crippen MR) is 122 cm³/mol. The summed E-state index contributed by atoms with van der Waals surface area (Å²) in [5, 5.41) is 4.76. The summed E-state index contributed by atoms with van der Waals surface area (Å²) >= 11 is 0. The van der Waals surface area contributed by atoms with Crippen molar-refractivity contribution in [2.24, 2.45) is 11.0 Å². The van der Waals surface area contributed by atoms with Crippen molar-refractivity contribution in [1.82, 2.24) is 20.4 Å². The van der Waals surface area contributed by atoms with Crippen molar-refractivity contribution < 1.29 is 0 Å². The molecule has 2 aliphatic carbocycles. The van der Waals surface area contributed by atoms with Gasteiger partial charge in [-0.1, -0.05) is 62.3 Å². The van der Waals surface area contributed by atoms with Gasteiger partial charge in [0.1, 0.15) is 5.71 Å². The summed E-state index contributed by atoms with van der Waals surface area (Å²) in [6.45, 7) is 0. The minimum absolute atomic E-state index is 0.274. The second kappa shape index (κ2) is 9.11. The molecule has 0 saturated heterocycles. The van der Waals surface area contributed by atoms with E-state index in [4.69, 9.17) is 10.1 Å². The van der Waals surface area contributed by atoms with Crippen LogP contribution in [0.5, 0.6) is 0 Å². The van der Waals surface area contributed by atoms with E-state index < -0.39 is 0 Å². The number of nitrogens with zero attached hydrogens (tertiary/aromatic N) is 4. The fourth-order valence-corrected chi connectivity index (χ4v) is 5.14. The van der Waals surface area contributed by atoms with Gasteiger partial charge in [0.25, 0.3) is 0 Å². The van der Waals surface area contributed by atoms with Crippen LogP contribution in [0.25, 0.3) is 5.70 Å². The second-order valence-electron chi connectivity index (χ2n) is 8.77. The maximum Gasteiger partial charge on any atom is 0.176 e. The van der Waals surface area contributed by atoms with Crippen molar-refractivity contribution in [3.05, 3.63) is 53.9 Å². The van der Waals surface area contributed by atoms with Crippen LogP contribution in [0.15, 0.2) is 47.5 Å². The lowest BCUT2D eigenvalue weighted by Crippen LogP contribution is -2.31. The van der Waals surface area contributed by atoms with Crippen LogP contribution in [0.2, 0.25) is 5.82 Å². The number of hydrogen-bond donors (Lipinski definition) is 1. The largest absolute Gasteiger partial charge is 0.276 e. The molecule has 2 fully saturated rings. The summed E-state index contributed by atoms with van der Waals surface area (Å²) in [6.07, 6.45) is 18.2. The lowest BCUT2D eigenvalue weighted by atomic mass is 9.59. The Bertz CT molecular complexity index is 916. The van der Waals surface area contributed by atoms with Crippen molar-refractivity contribution in [3.63, 3.8) is 0 Å². The van der Waals surface area contributed by atoms with Gasteiger partial charge in [-0.05, 0) is 37.0 Å². The van der Waals surface area contributed by atoms with Gasteiger partial charge in [0, 0.05) is 24.5 Å². The zero-order valence-electron chi connectivity index (χ0n) is 17.6. The van der Waals surface area contributed by atoms with Crippen LogP contribution >= 0.6 is 0 Å². The lowest BCUT2D eigenvalue weighted by Gasteiger charge is -2.30. The lowest BCUT2D eigenvalue weighted by molar-refractivity contribution is 0.520. The molecule has 0 aromatic carbocycles. The smallest absolute Gasteiger partial charge is 0.176 e. The van der Waals surface area contributed by atoms with Crippen LogP contribution in [0.3, 0.4) is 0 Å². The molecule has 1 radical (unpaired) electrons. The molecular formula is C24H29BN5. The normalized spacial score (nSPS) is 22.5. The number of nitrogens with one attached hydrogen (secondary N) is 1. The molecule has 2 aromatic rings. The quantitative estimate of drug-likeness (QED) is 0.782. The third-order valence-corrected chi connectivity index (χ3v) is 6.71. The number of rotatable bonds is 4. The van der Waals surface area contributed by atoms with E-state index in [0.717, 1.165) is 41.6 Å². The van der Waals surface area contributed by atoms with E-state index in [-0.39, 0.29) is 5.92 Å². The Hall–Kier alpha value is -2.50. The summed E-state index contributed by atoms with van der Waals surface area (Å²) in [6, 6.07) is 6.23. The molecular weight excluding hydrogens is 369 g/mol. The van der Waals surface area contributed by atoms with Crippen LogP contribution in [-0.2, 0) is 0 Å². The molecule has 0 bridgehead atoms. The summed E-state index contributed by atoms with van der Waals surface area (Å²) in [5.74, 6) is 1.73. The Morgan fingerprint density at radius 2 is 1.67 bits per heavy atom. The van der Waals surface area contributed by atoms with Crippen molar-refractivity contribution in [2.45, 2.75) is 70.0 Å². The Morgan fingerprint density at radius 1 is 0.867 bits per heavy atom. The molecule has 1 unspecified atom stereocenters. The van der Waals surface area contributed by atoms with Gasteiger partial charge in [-0.25, -0.2) is 9.97 Å².